The summed E-state index contributed by atoms with van der Waals surface area (Å²) in [6.45, 7) is 2.37. The number of hydrogen-bond donors (Lipinski definition) is 0. The van der Waals surface area contributed by atoms with Gasteiger partial charge in [0.2, 0.25) is 0 Å². The molecule has 0 aliphatic carbocycles. The SMILES string of the molecule is COC(=O)c1cccc(Cn2cc(C)ccc2=O)c1. The van der Waals surface area contributed by atoms with Crippen molar-refractivity contribution in [2.24, 2.45) is 0 Å². The first-order chi connectivity index (χ1) is 9.10. The lowest BCUT2D eigenvalue weighted by Gasteiger charge is -2.08. The number of benzene rings is 1. The fourth-order valence-electron chi connectivity index (χ4n) is 1.89. The van der Waals surface area contributed by atoms with Crippen molar-refractivity contribution in [3.63, 3.8) is 0 Å². The van der Waals surface area contributed by atoms with Crippen LogP contribution < -0.4 is 5.56 Å². The Morgan fingerprint density at radius 1 is 1.26 bits per heavy atom. The Morgan fingerprint density at radius 2 is 2.05 bits per heavy atom. The minimum atomic E-state index is -0.376. The second-order valence-corrected chi connectivity index (χ2v) is 4.36. The molecule has 19 heavy (non-hydrogen) atoms. The minimum absolute atomic E-state index is 0.0610. The van der Waals surface area contributed by atoms with Crippen LogP contribution in [0.5, 0.6) is 0 Å². The number of hydrogen-bond acceptors (Lipinski definition) is 3. The molecule has 1 aromatic heterocycles. The van der Waals surface area contributed by atoms with Crippen LogP contribution in [0.3, 0.4) is 0 Å². The highest BCUT2D eigenvalue weighted by Gasteiger charge is 2.06. The maximum atomic E-state index is 11.7. The topological polar surface area (TPSA) is 48.3 Å². The minimum Gasteiger partial charge on any atom is -0.465 e. The summed E-state index contributed by atoms with van der Waals surface area (Å²) in [5, 5.41) is 0. The van der Waals surface area contributed by atoms with Gasteiger partial charge in [-0.1, -0.05) is 18.2 Å². The molecule has 0 bridgehead atoms. The molecule has 0 saturated heterocycles. The van der Waals surface area contributed by atoms with Gasteiger partial charge in [0, 0.05) is 12.3 Å². The van der Waals surface area contributed by atoms with E-state index in [2.05, 4.69) is 4.74 Å². The normalized spacial score (nSPS) is 10.2. The lowest BCUT2D eigenvalue weighted by atomic mass is 10.1. The van der Waals surface area contributed by atoms with Crippen molar-refractivity contribution in [2.75, 3.05) is 7.11 Å². The van der Waals surface area contributed by atoms with Crippen LogP contribution in [0.4, 0.5) is 0 Å². The summed E-state index contributed by atoms with van der Waals surface area (Å²) in [5.41, 5.74) is 2.33. The van der Waals surface area contributed by atoms with Crippen molar-refractivity contribution < 1.29 is 9.53 Å². The Kier molecular flexibility index (Phi) is 3.80. The van der Waals surface area contributed by atoms with Crippen LogP contribution in [-0.4, -0.2) is 17.6 Å². The van der Waals surface area contributed by atoms with Gasteiger partial charge in [-0.3, -0.25) is 4.79 Å². The molecule has 0 aliphatic heterocycles. The number of aryl methyl sites for hydroxylation is 1. The van der Waals surface area contributed by atoms with E-state index in [1.807, 2.05) is 13.0 Å². The first-order valence-corrected chi connectivity index (χ1v) is 5.94. The van der Waals surface area contributed by atoms with Crippen molar-refractivity contribution in [2.45, 2.75) is 13.5 Å². The van der Waals surface area contributed by atoms with Gasteiger partial charge in [0.25, 0.3) is 5.56 Å². The highest BCUT2D eigenvalue weighted by molar-refractivity contribution is 5.89. The molecular weight excluding hydrogens is 242 g/mol. The number of rotatable bonds is 3. The van der Waals surface area contributed by atoms with Crippen LogP contribution in [0.25, 0.3) is 0 Å². The Balaban J connectivity index is 2.31. The van der Waals surface area contributed by atoms with Gasteiger partial charge in [-0.05, 0) is 30.2 Å². The monoisotopic (exact) mass is 257 g/mol. The first kappa shape index (κ1) is 13.1. The number of nitrogens with zero attached hydrogens (tertiary/aromatic N) is 1. The van der Waals surface area contributed by atoms with Crippen LogP contribution in [0.1, 0.15) is 21.5 Å². The van der Waals surface area contributed by atoms with Crippen LogP contribution in [0, 0.1) is 6.92 Å². The van der Waals surface area contributed by atoms with Crippen LogP contribution in [0.2, 0.25) is 0 Å². The molecule has 98 valence electrons. The van der Waals surface area contributed by atoms with E-state index in [0.717, 1.165) is 11.1 Å². The number of methoxy groups -OCH3 is 1. The van der Waals surface area contributed by atoms with E-state index in [1.54, 1.807) is 41.1 Å². The van der Waals surface area contributed by atoms with E-state index < -0.39 is 0 Å². The summed E-state index contributed by atoms with van der Waals surface area (Å²) in [5.74, 6) is -0.376. The molecule has 2 aromatic rings. The summed E-state index contributed by atoms with van der Waals surface area (Å²) in [6, 6.07) is 10.4. The van der Waals surface area contributed by atoms with Gasteiger partial charge < -0.3 is 9.30 Å². The van der Waals surface area contributed by atoms with Gasteiger partial charge in [-0.25, -0.2) is 4.79 Å². The van der Waals surface area contributed by atoms with E-state index in [4.69, 9.17) is 0 Å². The number of carbonyl (C=O) groups is 1. The number of carbonyl (C=O) groups excluding carboxylic acids is 1. The molecule has 0 N–H and O–H groups in total. The second kappa shape index (κ2) is 5.52. The molecule has 0 unspecified atom stereocenters. The zero-order valence-electron chi connectivity index (χ0n) is 10.9. The van der Waals surface area contributed by atoms with Gasteiger partial charge in [0.15, 0.2) is 0 Å². The third kappa shape index (κ3) is 3.10. The molecule has 0 radical (unpaired) electrons. The lowest BCUT2D eigenvalue weighted by Crippen LogP contribution is -2.19. The molecular formula is C15H15NO3. The molecule has 2 rings (SSSR count). The highest BCUT2D eigenvalue weighted by Crippen LogP contribution is 2.08. The van der Waals surface area contributed by atoms with E-state index in [1.165, 1.54) is 7.11 Å². The molecule has 0 amide bonds. The largest absolute Gasteiger partial charge is 0.465 e. The van der Waals surface area contributed by atoms with Gasteiger partial charge in [0.05, 0.1) is 19.2 Å². The predicted molar refractivity (Wildman–Crippen MR) is 72.3 cm³/mol. The van der Waals surface area contributed by atoms with Crippen LogP contribution in [-0.2, 0) is 11.3 Å². The highest BCUT2D eigenvalue weighted by atomic mass is 16.5. The van der Waals surface area contributed by atoms with Crippen molar-refractivity contribution in [3.05, 3.63) is 69.6 Å². The average molecular weight is 257 g/mol. The van der Waals surface area contributed by atoms with E-state index >= 15 is 0 Å². The lowest BCUT2D eigenvalue weighted by molar-refractivity contribution is 0.0600. The maximum absolute atomic E-state index is 11.7. The van der Waals surface area contributed by atoms with Gasteiger partial charge in [-0.15, -0.1) is 0 Å². The van der Waals surface area contributed by atoms with E-state index in [-0.39, 0.29) is 11.5 Å². The zero-order chi connectivity index (χ0) is 13.8. The molecule has 4 heteroatoms. The molecule has 0 atom stereocenters. The summed E-state index contributed by atoms with van der Waals surface area (Å²) >= 11 is 0. The number of aromatic nitrogens is 1. The van der Waals surface area contributed by atoms with Gasteiger partial charge in [0.1, 0.15) is 0 Å². The second-order valence-electron chi connectivity index (χ2n) is 4.36. The quantitative estimate of drug-likeness (QED) is 0.790. The number of pyridine rings is 1. The Morgan fingerprint density at radius 3 is 2.79 bits per heavy atom. The molecule has 0 saturated carbocycles. The predicted octanol–water partition coefficient (Wildman–Crippen LogP) is 1.99. The molecule has 0 aliphatic rings. The summed E-state index contributed by atoms with van der Waals surface area (Å²) < 4.78 is 6.29. The third-order valence-corrected chi connectivity index (χ3v) is 2.83. The Bertz CT molecular complexity index is 658. The molecule has 1 heterocycles. The van der Waals surface area contributed by atoms with Crippen molar-refractivity contribution in [1.29, 1.82) is 0 Å². The van der Waals surface area contributed by atoms with Crippen molar-refractivity contribution in [1.82, 2.24) is 4.57 Å². The van der Waals surface area contributed by atoms with Crippen LogP contribution in [0.15, 0.2) is 47.4 Å². The smallest absolute Gasteiger partial charge is 0.337 e. The summed E-state index contributed by atoms with van der Waals surface area (Å²) in [6.07, 6.45) is 1.80. The van der Waals surface area contributed by atoms with Crippen molar-refractivity contribution >= 4 is 5.97 Å². The van der Waals surface area contributed by atoms with E-state index in [0.29, 0.717) is 12.1 Å². The molecule has 4 nitrogen and oxygen atoms in total. The Hall–Kier alpha value is -2.36. The van der Waals surface area contributed by atoms with Crippen molar-refractivity contribution in [3.8, 4) is 0 Å². The number of esters is 1. The summed E-state index contributed by atoms with van der Waals surface area (Å²) in [7, 11) is 1.35. The first-order valence-electron chi connectivity index (χ1n) is 5.94. The van der Waals surface area contributed by atoms with E-state index in [9.17, 15) is 9.59 Å². The van der Waals surface area contributed by atoms with Gasteiger partial charge >= 0.3 is 5.97 Å². The fraction of sp³-hybridized carbons (Fsp3) is 0.200. The Labute approximate surface area is 111 Å². The molecule has 1 aromatic carbocycles. The maximum Gasteiger partial charge on any atom is 0.337 e. The number of ether oxygens (including phenoxy) is 1. The van der Waals surface area contributed by atoms with Crippen LogP contribution >= 0.6 is 0 Å². The molecule has 0 spiro atoms. The average Bonchev–Trinajstić information content (AvgIpc) is 2.42. The zero-order valence-corrected chi connectivity index (χ0v) is 10.9. The third-order valence-electron chi connectivity index (χ3n) is 2.83. The van der Waals surface area contributed by atoms with Gasteiger partial charge in [-0.2, -0.15) is 0 Å². The fourth-order valence-corrected chi connectivity index (χ4v) is 1.89. The standard InChI is InChI=1S/C15H15NO3/c1-11-6-7-14(17)16(9-11)10-12-4-3-5-13(8-12)15(18)19-2/h3-9H,10H2,1-2H3. The summed E-state index contributed by atoms with van der Waals surface area (Å²) in [4.78, 5) is 23.2. The molecule has 0 fully saturated rings.